The van der Waals surface area contributed by atoms with Gasteiger partial charge in [-0.3, -0.25) is 4.79 Å². The Morgan fingerprint density at radius 1 is 1.00 bits per heavy atom. The Kier molecular flexibility index (Phi) is 4.43. The van der Waals surface area contributed by atoms with E-state index < -0.39 is 46.7 Å². The van der Waals surface area contributed by atoms with Gasteiger partial charge in [-0.1, -0.05) is 6.07 Å². The molecule has 3 aromatic rings. The summed E-state index contributed by atoms with van der Waals surface area (Å²) in [7, 11) is 0. The van der Waals surface area contributed by atoms with E-state index in [-0.39, 0.29) is 16.5 Å². The van der Waals surface area contributed by atoms with Crippen LogP contribution in [0.4, 0.5) is 26.3 Å². The molecule has 138 valence electrons. The molecule has 0 aliphatic carbocycles. The minimum absolute atomic E-state index is 0.128. The molecule has 0 spiro atoms. The molecular formula is C18H8F6N2O. The van der Waals surface area contributed by atoms with Crippen LogP contribution in [-0.2, 0) is 12.7 Å². The third-order valence-corrected chi connectivity index (χ3v) is 3.96. The maximum Gasteiger partial charge on any atom is 0.416 e. The molecule has 0 saturated heterocycles. The Morgan fingerprint density at radius 2 is 1.67 bits per heavy atom. The lowest BCUT2D eigenvalue weighted by Crippen LogP contribution is -2.15. The highest BCUT2D eigenvalue weighted by Crippen LogP contribution is 2.30. The number of hydrogen-bond donors (Lipinski definition) is 0. The average Bonchev–Trinajstić information content (AvgIpc) is 2.59. The van der Waals surface area contributed by atoms with E-state index in [1.54, 1.807) is 6.07 Å². The molecule has 0 saturated carbocycles. The van der Waals surface area contributed by atoms with E-state index in [9.17, 15) is 31.1 Å². The highest BCUT2D eigenvalue weighted by Gasteiger charge is 2.31. The third-order valence-electron chi connectivity index (χ3n) is 3.96. The quantitative estimate of drug-likeness (QED) is 0.619. The van der Waals surface area contributed by atoms with Crippen LogP contribution in [0, 0.1) is 28.8 Å². The molecule has 27 heavy (non-hydrogen) atoms. The molecule has 0 N–H and O–H groups in total. The van der Waals surface area contributed by atoms with Crippen molar-refractivity contribution in [2.75, 3.05) is 0 Å². The van der Waals surface area contributed by atoms with Crippen LogP contribution < -0.4 is 5.43 Å². The molecule has 0 unspecified atom stereocenters. The fourth-order valence-corrected chi connectivity index (χ4v) is 2.63. The first-order valence-corrected chi connectivity index (χ1v) is 7.39. The van der Waals surface area contributed by atoms with Gasteiger partial charge in [0.25, 0.3) is 0 Å². The SMILES string of the molecule is N#Cc1cn(Cc2ccc(C(F)(F)F)cc2F)c2cc(F)c(F)cc2c1=O. The zero-order chi connectivity index (χ0) is 19.9. The van der Waals surface area contributed by atoms with Gasteiger partial charge in [-0.15, -0.1) is 0 Å². The number of fused-ring (bicyclic) bond motifs is 1. The minimum atomic E-state index is -4.72. The topological polar surface area (TPSA) is 45.8 Å². The number of rotatable bonds is 2. The number of nitrogens with zero attached hydrogens (tertiary/aromatic N) is 2. The molecule has 0 bridgehead atoms. The van der Waals surface area contributed by atoms with Gasteiger partial charge in [0.2, 0.25) is 5.43 Å². The average molecular weight is 382 g/mol. The van der Waals surface area contributed by atoms with E-state index >= 15 is 0 Å². The van der Waals surface area contributed by atoms with Gasteiger partial charge >= 0.3 is 6.18 Å². The number of hydrogen-bond acceptors (Lipinski definition) is 2. The maximum absolute atomic E-state index is 14.1. The maximum atomic E-state index is 14.1. The van der Waals surface area contributed by atoms with Crippen molar-refractivity contribution in [2.45, 2.75) is 12.7 Å². The van der Waals surface area contributed by atoms with E-state index in [1.807, 2.05) is 0 Å². The number of halogens is 6. The molecule has 3 rings (SSSR count). The second kappa shape index (κ2) is 6.46. The van der Waals surface area contributed by atoms with Crippen LogP contribution in [0.3, 0.4) is 0 Å². The van der Waals surface area contributed by atoms with Crippen molar-refractivity contribution in [3.8, 4) is 6.07 Å². The first-order valence-electron chi connectivity index (χ1n) is 7.39. The van der Waals surface area contributed by atoms with E-state index in [4.69, 9.17) is 5.26 Å². The minimum Gasteiger partial charge on any atom is -0.341 e. The van der Waals surface area contributed by atoms with Crippen molar-refractivity contribution < 1.29 is 26.3 Å². The molecule has 1 heterocycles. The largest absolute Gasteiger partial charge is 0.416 e. The standard InChI is InChI=1S/C18H8F6N2O/c19-13-3-11(18(22,23)24)2-1-9(13)7-26-8-10(6-25)17(27)12-4-14(20)15(21)5-16(12)26/h1-5,8H,7H2. The molecule has 2 aromatic carbocycles. The summed E-state index contributed by atoms with van der Waals surface area (Å²) in [5.41, 5.74) is -2.74. The van der Waals surface area contributed by atoms with Crippen LogP contribution in [0.15, 0.2) is 41.3 Å². The lowest BCUT2D eigenvalue weighted by atomic mass is 10.1. The number of nitriles is 1. The summed E-state index contributed by atoms with van der Waals surface area (Å²) >= 11 is 0. The first kappa shape index (κ1) is 18.5. The van der Waals surface area contributed by atoms with Crippen LogP contribution in [0.1, 0.15) is 16.7 Å². The fraction of sp³-hybridized carbons (Fsp3) is 0.111. The molecule has 0 atom stereocenters. The Balaban J connectivity index is 2.18. The van der Waals surface area contributed by atoms with Crippen molar-refractivity contribution in [3.63, 3.8) is 0 Å². The van der Waals surface area contributed by atoms with Crippen molar-refractivity contribution in [1.82, 2.24) is 4.57 Å². The zero-order valence-electron chi connectivity index (χ0n) is 13.2. The first-order chi connectivity index (χ1) is 12.6. The number of aromatic nitrogens is 1. The number of alkyl halides is 3. The number of pyridine rings is 1. The predicted molar refractivity (Wildman–Crippen MR) is 83.3 cm³/mol. The lowest BCUT2D eigenvalue weighted by Gasteiger charge is -2.14. The summed E-state index contributed by atoms with van der Waals surface area (Å²) < 4.78 is 80.2. The molecule has 3 nitrogen and oxygen atoms in total. The van der Waals surface area contributed by atoms with E-state index in [0.717, 1.165) is 16.8 Å². The van der Waals surface area contributed by atoms with Gasteiger partial charge in [-0.25, -0.2) is 13.2 Å². The molecule has 0 fully saturated rings. The third kappa shape index (κ3) is 3.38. The molecule has 9 heteroatoms. The van der Waals surface area contributed by atoms with Gasteiger partial charge < -0.3 is 4.57 Å². The van der Waals surface area contributed by atoms with Crippen molar-refractivity contribution in [1.29, 1.82) is 5.26 Å². The summed E-state index contributed by atoms with van der Waals surface area (Å²) in [4.78, 5) is 12.1. The van der Waals surface area contributed by atoms with E-state index in [0.29, 0.717) is 24.3 Å². The highest BCUT2D eigenvalue weighted by atomic mass is 19.4. The van der Waals surface area contributed by atoms with E-state index in [2.05, 4.69) is 0 Å². The zero-order valence-corrected chi connectivity index (χ0v) is 13.2. The predicted octanol–water partition coefficient (Wildman–Crippen LogP) is 4.36. The Bertz CT molecular complexity index is 1160. The monoisotopic (exact) mass is 382 g/mol. The van der Waals surface area contributed by atoms with Crippen molar-refractivity contribution >= 4 is 10.9 Å². The van der Waals surface area contributed by atoms with Gasteiger partial charge in [0, 0.05) is 17.8 Å². The van der Waals surface area contributed by atoms with Gasteiger partial charge in [0.1, 0.15) is 17.4 Å². The summed E-state index contributed by atoms with van der Waals surface area (Å²) in [5.74, 6) is -3.74. The normalized spacial score (nSPS) is 11.6. The van der Waals surface area contributed by atoms with Crippen molar-refractivity contribution in [2.24, 2.45) is 0 Å². The molecular weight excluding hydrogens is 374 g/mol. The highest BCUT2D eigenvalue weighted by molar-refractivity contribution is 5.80. The van der Waals surface area contributed by atoms with Crippen LogP contribution >= 0.6 is 0 Å². The summed E-state index contributed by atoms with van der Waals surface area (Å²) in [6, 6.07) is 4.80. The van der Waals surface area contributed by atoms with Gasteiger partial charge in [-0.2, -0.15) is 18.4 Å². The van der Waals surface area contributed by atoms with Crippen molar-refractivity contribution in [3.05, 3.63) is 80.9 Å². The molecule has 0 aliphatic rings. The summed E-state index contributed by atoms with van der Waals surface area (Å²) in [6.45, 7) is -0.402. The second-order valence-corrected chi connectivity index (χ2v) is 5.70. The van der Waals surface area contributed by atoms with Crippen LogP contribution in [-0.4, -0.2) is 4.57 Å². The van der Waals surface area contributed by atoms with Gasteiger partial charge in [0.05, 0.1) is 23.0 Å². The number of benzene rings is 2. The summed E-state index contributed by atoms with van der Waals surface area (Å²) in [5, 5.41) is 8.74. The van der Waals surface area contributed by atoms with Gasteiger partial charge in [-0.05, 0) is 18.2 Å². The Labute approximate surface area is 147 Å². The fourth-order valence-electron chi connectivity index (χ4n) is 2.63. The van der Waals surface area contributed by atoms with Gasteiger partial charge in [0.15, 0.2) is 11.6 Å². The van der Waals surface area contributed by atoms with Crippen LogP contribution in [0.2, 0.25) is 0 Å². The Hall–Kier alpha value is -3.28. The molecule has 1 aromatic heterocycles. The van der Waals surface area contributed by atoms with Crippen LogP contribution in [0.25, 0.3) is 10.9 Å². The second-order valence-electron chi connectivity index (χ2n) is 5.70. The molecule has 0 amide bonds. The lowest BCUT2D eigenvalue weighted by molar-refractivity contribution is -0.137. The van der Waals surface area contributed by atoms with E-state index in [1.165, 1.54) is 0 Å². The van der Waals surface area contributed by atoms with Crippen LogP contribution in [0.5, 0.6) is 0 Å². The smallest absolute Gasteiger partial charge is 0.341 e. The molecule has 0 radical (unpaired) electrons. The Morgan fingerprint density at radius 3 is 2.26 bits per heavy atom. The summed E-state index contributed by atoms with van der Waals surface area (Å²) in [6.07, 6.45) is -3.71. The molecule has 0 aliphatic heterocycles.